The van der Waals surface area contributed by atoms with Crippen molar-refractivity contribution in [3.8, 4) is 0 Å². The topological polar surface area (TPSA) is 0 Å². The first-order valence-corrected chi connectivity index (χ1v) is 3.74. The molecule has 0 fully saturated rings. The molecule has 0 amide bonds. The maximum Gasteiger partial charge on any atom is 0 e. The molecule has 0 aliphatic carbocycles. The van der Waals surface area contributed by atoms with E-state index in [-0.39, 0.29) is 32.7 Å². The van der Waals surface area contributed by atoms with Crippen molar-refractivity contribution in [2.24, 2.45) is 0 Å². The molecule has 0 aliphatic rings. The van der Waals surface area contributed by atoms with Gasteiger partial charge < -0.3 is 0 Å². The quantitative estimate of drug-likeness (QED) is 0.610. The molecule has 0 saturated carbocycles. The zero-order chi connectivity index (χ0) is 7.68. The third-order valence-electron chi connectivity index (χ3n) is 1.92. The Bertz CT molecular complexity index is 374. The minimum Gasteiger partial charge on any atom is -0.147 e. The fraction of sp³-hybridized carbons (Fsp3) is 0.0909. The number of rotatable bonds is 0. The summed E-state index contributed by atoms with van der Waals surface area (Å²) >= 11 is 0. The fourth-order valence-electron chi connectivity index (χ4n) is 1.31. The van der Waals surface area contributed by atoms with E-state index in [2.05, 4.69) is 37.3 Å². The SMILES string of the molecule is Cc1cccc2[c-]cccc12.[Y]. The number of aryl methyl sites for hydroxylation is 1. The van der Waals surface area contributed by atoms with Crippen LogP contribution in [0.2, 0.25) is 0 Å². The molecule has 0 N–H and O–H groups in total. The maximum atomic E-state index is 3.19. The Morgan fingerprint density at radius 1 is 1.08 bits per heavy atom. The van der Waals surface area contributed by atoms with Crippen LogP contribution >= 0.6 is 0 Å². The van der Waals surface area contributed by atoms with Gasteiger partial charge >= 0.3 is 0 Å². The first-order chi connectivity index (χ1) is 5.38. The van der Waals surface area contributed by atoms with Crippen molar-refractivity contribution >= 4 is 10.8 Å². The summed E-state index contributed by atoms with van der Waals surface area (Å²) in [5, 5.41) is 2.50. The van der Waals surface area contributed by atoms with Crippen LogP contribution in [0.3, 0.4) is 0 Å². The van der Waals surface area contributed by atoms with Gasteiger partial charge in [0.2, 0.25) is 0 Å². The summed E-state index contributed by atoms with van der Waals surface area (Å²) in [4.78, 5) is 0. The van der Waals surface area contributed by atoms with Gasteiger partial charge in [-0.15, -0.1) is 47.2 Å². The Balaban J connectivity index is 0.000000720. The Kier molecular flexibility index (Phi) is 3.43. The summed E-state index contributed by atoms with van der Waals surface area (Å²) in [5.74, 6) is 0. The first kappa shape index (κ1) is 9.89. The third kappa shape index (κ3) is 1.76. The van der Waals surface area contributed by atoms with Crippen molar-refractivity contribution in [2.45, 2.75) is 6.92 Å². The van der Waals surface area contributed by atoms with Crippen LogP contribution in [0.4, 0.5) is 0 Å². The molecule has 12 heavy (non-hydrogen) atoms. The molecular formula is C11H9Y-. The minimum atomic E-state index is 0. The summed E-state index contributed by atoms with van der Waals surface area (Å²) in [5.41, 5.74) is 1.32. The number of hydrogen-bond donors (Lipinski definition) is 0. The Hall–Kier alpha value is -0.196. The molecule has 2 rings (SSSR count). The molecule has 2 aromatic rings. The standard InChI is InChI=1S/C11H9.Y/c1-9-5-4-7-10-6-2-3-8-11(9)10;/h2-5,7-8H,1H3;/q-1;. The number of hydrogen-bond acceptors (Lipinski definition) is 0. The Labute approximate surface area is 97.9 Å². The van der Waals surface area contributed by atoms with Crippen LogP contribution in [-0.2, 0) is 32.7 Å². The molecule has 0 nitrogen and oxygen atoms in total. The van der Waals surface area contributed by atoms with Crippen LogP contribution in [0.25, 0.3) is 10.8 Å². The molecule has 0 atom stereocenters. The van der Waals surface area contributed by atoms with E-state index in [0.29, 0.717) is 0 Å². The summed E-state index contributed by atoms with van der Waals surface area (Å²) in [6, 6.07) is 15.6. The van der Waals surface area contributed by atoms with E-state index >= 15 is 0 Å². The second-order valence-corrected chi connectivity index (χ2v) is 2.71. The Morgan fingerprint density at radius 2 is 1.92 bits per heavy atom. The van der Waals surface area contributed by atoms with Gasteiger partial charge in [-0.1, -0.05) is 11.6 Å². The van der Waals surface area contributed by atoms with E-state index in [1.165, 1.54) is 16.3 Å². The second kappa shape index (κ2) is 4.16. The van der Waals surface area contributed by atoms with Gasteiger partial charge in [0.15, 0.2) is 0 Å². The molecule has 0 aromatic heterocycles. The average Bonchev–Trinajstić information content (AvgIpc) is 2.06. The first-order valence-electron chi connectivity index (χ1n) is 3.74. The van der Waals surface area contributed by atoms with E-state index < -0.39 is 0 Å². The fourth-order valence-corrected chi connectivity index (χ4v) is 1.31. The van der Waals surface area contributed by atoms with E-state index in [1.807, 2.05) is 12.1 Å². The summed E-state index contributed by atoms with van der Waals surface area (Å²) in [7, 11) is 0. The molecule has 2 aromatic carbocycles. The van der Waals surface area contributed by atoms with Crippen LogP contribution in [0.5, 0.6) is 0 Å². The summed E-state index contributed by atoms with van der Waals surface area (Å²) in [6.45, 7) is 2.12. The maximum absolute atomic E-state index is 3.19. The van der Waals surface area contributed by atoms with E-state index in [1.54, 1.807) is 0 Å². The van der Waals surface area contributed by atoms with Crippen LogP contribution in [-0.4, -0.2) is 0 Å². The molecule has 1 heteroatoms. The van der Waals surface area contributed by atoms with E-state index in [4.69, 9.17) is 0 Å². The molecule has 0 bridgehead atoms. The predicted octanol–water partition coefficient (Wildman–Crippen LogP) is 2.95. The normalized spacial score (nSPS) is 9.42. The van der Waals surface area contributed by atoms with Gasteiger partial charge in [0.1, 0.15) is 0 Å². The van der Waals surface area contributed by atoms with Gasteiger partial charge in [-0.3, -0.25) is 0 Å². The van der Waals surface area contributed by atoms with E-state index in [9.17, 15) is 0 Å². The van der Waals surface area contributed by atoms with Gasteiger partial charge in [-0.25, -0.2) is 0 Å². The average molecular weight is 230 g/mol. The second-order valence-electron chi connectivity index (χ2n) is 2.71. The molecular weight excluding hydrogens is 221 g/mol. The monoisotopic (exact) mass is 230 g/mol. The van der Waals surface area contributed by atoms with Crippen molar-refractivity contribution in [3.63, 3.8) is 0 Å². The molecule has 1 radical (unpaired) electrons. The largest absolute Gasteiger partial charge is 0.147 e. The van der Waals surface area contributed by atoms with Crippen molar-refractivity contribution in [3.05, 3.63) is 48.0 Å². The van der Waals surface area contributed by atoms with Crippen LogP contribution in [0.15, 0.2) is 36.4 Å². The molecule has 0 saturated heterocycles. The van der Waals surface area contributed by atoms with Crippen molar-refractivity contribution < 1.29 is 32.7 Å². The molecule has 0 unspecified atom stereocenters. The van der Waals surface area contributed by atoms with Crippen LogP contribution in [0, 0.1) is 13.0 Å². The van der Waals surface area contributed by atoms with Gasteiger partial charge in [0.05, 0.1) is 0 Å². The summed E-state index contributed by atoms with van der Waals surface area (Å²) < 4.78 is 0. The van der Waals surface area contributed by atoms with Gasteiger partial charge in [-0.2, -0.15) is 0 Å². The number of benzene rings is 2. The molecule has 0 heterocycles. The van der Waals surface area contributed by atoms with Crippen molar-refractivity contribution in [2.75, 3.05) is 0 Å². The third-order valence-corrected chi connectivity index (χ3v) is 1.92. The molecule has 0 aliphatic heterocycles. The number of fused-ring (bicyclic) bond motifs is 1. The molecule has 0 spiro atoms. The predicted molar refractivity (Wildman–Crippen MR) is 47.5 cm³/mol. The van der Waals surface area contributed by atoms with Crippen molar-refractivity contribution in [1.82, 2.24) is 0 Å². The van der Waals surface area contributed by atoms with Gasteiger partial charge in [0.25, 0.3) is 0 Å². The van der Waals surface area contributed by atoms with Gasteiger partial charge in [-0.05, 0) is 6.92 Å². The van der Waals surface area contributed by atoms with Crippen LogP contribution < -0.4 is 0 Å². The summed E-state index contributed by atoms with van der Waals surface area (Å²) in [6.07, 6.45) is 0. The van der Waals surface area contributed by atoms with Gasteiger partial charge in [0, 0.05) is 32.7 Å². The molecule has 57 valence electrons. The van der Waals surface area contributed by atoms with Crippen molar-refractivity contribution in [1.29, 1.82) is 0 Å². The minimum absolute atomic E-state index is 0. The zero-order valence-corrected chi connectivity index (χ0v) is 9.88. The van der Waals surface area contributed by atoms with E-state index in [0.717, 1.165) is 0 Å². The zero-order valence-electron chi connectivity index (χ0n) is 7.04. The Morgan fingerprint density at radius 3 is 2.67 bits per heavy atom. The smallest absolute Gasteiger partial charge is 0 e. The van der Waals surface area contributed by atoms with Crippen LogP contribution in [0.1, 0.15) is 5.56 Å².